The van der Waals surface area contributed by atoms with Gasteiger partial charge >= 0.3 is 0 Å². The average molecular weight is 324 g/mol. The summed E-state index contributed by atoms with van der Waals surface area (Å²) in [6.07, 6.45) is -4.75. The van der Waals surface area contributed by atoms with Crippen molar-refractivity contribution in [3.8, 4) is 0 Å². The summed E-state index contributed by atoms with van der Waals surface area (Å²) in [7, 11) is 0. The van der Waals surface area contributed by atoms with Crippen LogP contribution >= 0.6 is 12.6 Å². The molecule has 0 spiro atoms. The number of aliphatic hydroxyl groups excluding tert-OH is 3. The Morgan fingerprint density at radius 2 is 2.00 bits per heavy atom. The molecule has 1 aliphatic heterocycles. The van der Waals surface area contributed by atoms with Crippen LogP contribution in [0, 0.1) is 0 Å². The molecule has 0 saturated carbocycles. The molecule has 1 rings (SSSR count). The maximum Gasteiger partial charge on any atom is 0.252 e. The van der Waals surface area contributed by atoms with Crippen molar-refractivity contribution < 1.29 is 34.8 Å². The summed E-state index contributed by atoms with van der Waals surface area (Å²) in [4.78, 5) is 23.4. The third-order valence-corrected chi connectivity index (χ3v) is 3.64. The lowest BCUT2D eigenvalue weighted by Gasteiger charge is -2.47. The van der Waals surface area contributed by atoms with E-state index in [0.717, 1.165) is 6.92 Å². The van der Waals surface area contributed by atoms with E-state index in [0.29, 0.717) is 0 Å². The van der Waals surface area contributed by atoms with Crippen LogP contribution in [0.5, 0.6) is 0 Å². The van der Waals surface area contributed by atoms with Crippen molar-refractivity contribution in [1.29, 1.82) is 0 Å². The van der Waals surface area contributed by atoms with Crippen LogP contribution in [0.3, 0.4) is 0 Å². The van der Waals surface area contributed by atoms with Gasteiger partial charge in [0.2, 0.25) is 11.7 Å². The summed E-state index contributed by atoms with van der Waals surface area (Å²) in [5.74, 6) is -4.48. The van der Waals surface area contributed by atoms with Crippen LogP contribution in [-0.2, 0) is 14.3 Å². The van der Waals surface area contributed by atoms with Gasteiger partial charge in [-0.05, 0) is 0 Å². The molecule has 0 aliphatic carbocycles. The number of hydrogen-bond donors (Lipinski definition) is 7. The molecule has 1 fully saturated rings. The summed E-state index contributed by atoms with van der Waals surface area (Å²) < 4.78 is 5.02. The second-order valence-electron chi connectivity index (χ2n) is 4.85. The summed E-state index contributed by atoms with van der Waals surface area (Å²) >= 11 is 3.84. The number of aliphatic hydroxyl groups is 4. The SMILES string of the molecule is CC(=O)N[C@@H]1[C@@H](O)[C@H](O)[C@@H](CO)OC1(O)C(=O)[C@@H](N)CS. The van der Waals surface area contributed by atoms with Gasteiger partial charge in [-0.25, -0.2) is 0 Å². The van der Waals surface area contributed by atoms with Gasteiger partial charge < -0.3 is 36.2 Å². The number of nitrogens with one attached hydrogen (secondary N) is 1. The zero-order valence-corrected chi connectivity index (χ0v) is 12.2. The molecule has 1 saturated heterocycles. The van der Waals surface area contributed by atoms with Gasteiger partial charge in [0, 0.05) is 12.7 Å². The van der Waals surface area contributed by atoms with Crippen LogP contribution in [-0.4, -0.2) is 80.7 Å². The van der Waals surface area contributed by atoms with E-state index in [4.69, 9.17) is 15.6 Å². The van der Waals surface area contributed by atoms with Crippen LogP contribution in [0.4, 0.5) is 0 Å². The first-order valence-corrected chi connectivity index (χ1v) is 6.87. The van der Waals surface area contributed by atoms with Gasteiger partial charge in [0.15, 0.2) is 0 Å². The minimum Gasteiger partial charge on any atom is -0.394 e. The van der Waals surface area contributed by atoms with E-state index < -0.39 is 54.5 Å². The maximum atomic E-state index is 12.2. The quantitative estimate of drug-likeness (QED) is 0.253. The molecule has 6 atom stereocenters. The fourth-order valence-electron chi connectivity index (χ4n) is 2.13. The van der Waals surface area contributed by atoms with E-state index in [2.05, 4.69) is 17.9 Å². The Morgan fingerprint density at radius 3 is 2.43 bits per heavy atom. The largest absolute Gasteiger partial charge is 0.394 e. The fraction of sp³-hybridized carbons (Fsp3) is 0.818. The Morgan fingerprint density at radius 1 is 1.43 bits per heavy atom. The minimum absolute atomic E-state index is 0.111. The van der Waals surface area contributed by atoms with Crippen molar-refractivity contribution >= 4 is 24.3 Å². The Labute approximate surface area is 126 Å². The second kappa shape index (κ2) is 7.01. The summed E-state index contributed by atoms with van der Waals surface area (Å²) in [6.45, 7) is 0.345. The lowest BCUT2D eigenvalue weighted by molar-refractivity contribution is -0.301. The molecule has 122 valence electrons. The summed E-state index contributed by atoms with van der Waals surface area (Å²) in [5.41, 5.74) is 5.51. The Kier molecular flexibility index (Phi) is 6.11. The molecule has 9 nitrogen and oxygen atoms in total. The Balaban J connectivity index is 3.19. The van der Waals surface area contributed by atoms with E-state index in [1.165, 1.54) is 0 Å². The number of nitrogens with two attached hydrogens (primary N) is 1. The van der Waals surface area contributed by atoms with Crippen LogP contribution in [0.2, 0.25) is 0 Å². The smallest absolute Gasteiger partial charge is 0.252 e. The molecule has 0 bridgehead atoms. The Hall–Kier alpha value is -0.750. The number of carbonyl (C=O) groups is 2. The van der Waals surface area contributed by atoms with Crippen molar-refractivity contribution in [3.05, 3.63) is 0 Å². The molecule has 1 heterocycles. The van der Waals surface area contributed by atoms with Gasteiger partial charge in [0.05, 0.1) is 12.6 Å². The molecule has 0 aromatic rings. The normalized spacial score (nSPS) is 37.9. The van der Waals surface area contributed by atoms with E-state index in [1.807, 2.05) is 0 Å². The molecular weight excluding hydrogens is 304 g/mol. The highest BCUT2D eigenvalue weighted by atomic mass is 32.1. The highest BCUT2D eigenvalue weighted by molar-refractivity contribution is 7.80. The molecule has 0 aromatic heterocycles. The van der Waals surface area contributed by atoms with Crippen LogP contribution < -0.4 is 11.1 Å². The first-order chi connectivity index (χ1) is 9.68. The first-order valence-electron chi connectivity index (χ1n) is 6.24. The van der Waals surface area contributed by atoms with E-state index in [-0.39, 0.29) is 5.75 Å². The van der Waals surface area contributed by atoms with Crippen molar-refractivity contribution in [2.45, 2.75) is 43.1 Å². The third-order valence-electron chi connectivity index (χ3n) is 3.25. The lowest BCUT2D eigenvalue weighted by atomic mass is 9.86. The summed E-state index contributed by atoms with van der Waals surface area (Å²) in [5, 5.41) is 41.5. The second-order valence-corrected chi connectivity index (χ2v) is 5.21. The van der Waals surface area contributed by atoms with Gasteiger partial charge in [-0.15, -0.1) is 0 Å². The third kappa shape index (κ3) is 3.54. The summed E-state index contributed by atoms with van der Waals surface area (Å²) in [6, 6.07) is -2.86. The van der Waals surface area contributed by atoms with Crippen LogP contribution in [0.25, 0.3) is 0 Å². The molecule has 21 heavy (non-hydrogen) atoms. The molecule has 7 N–H and O–H groups in total. The number of Topliss-reactive ketones (excluding diaryl/α,β-unsaturated/α-hetero) is 1. The highest BCUT2D eigenvalue weighted by Crippen LogP contribution is 2.30. The molecule has 0 aromatic carbocycles. The monoisotopic (exact) mass is 324 g/mol. The molecule has 1 unspecified atom stereocenters. The highest BCUT2D eigenvalue weighted by Gasteiger charge is 2.58. The number of ether oxygens (including phenoxy) is 1. The number of ketones is 1. The van der Waals surface area contributed by atoms with Crippen molar-refractivity contribution in [2.75, 3.05) is 12.4 Å². The number of amides is 1. The Bertz CT molecular complexity index is 410. The van der Waals surface area contributed by atoms with E-state index in [9.17, 15) is 24.9 Å². The zero-order valence-electron chi connectivity index (χ0n) is 11.3. The maximum absolute atomic E-state index is 12.2. The predicted molar refractivity (Wildman–Crippen MR) is 73.4 cm³/mol. The number of rotatable bonds is 5. The van der Waals surface area contributed by atoms with Gasteiger partial charge in [-0.3, -0.25) is 9.59 Å². The van der Waals surface area contributed by atoms with E-state index in [1.54, 1.807) is 0 Å². The number of carbonyl (C=O) groups excluding carboxylic acids is 2. The minimum atomic E-state index is -2.68. The fourth-order valence-corrected chi connectivity index (χ4v) is 2.30. The molecule has 10 heteroatoms. The average Bonchev–Trinajstić information content (AvgIpc) is 2.45. The van der Waals surface area contributed by atoms with Gasteiger partial charge in [-0.1, -0.05) is 0 Å². The van der Waals surface area contributed by atoms with Gasteiger partial charge in [-0.2, -0.15) is 12.6 Å². The topological polar surface area (TPSA) is 162 Å². The number of hydrogen-bond acceptors (Lipinski definition) is 9. The first kappa shape index (κ1) is 18.3. The molecule has 1 amide bonds. The van der Waals surface area contributed by atoms with Crippen molar-refractivity contribution in [3.63, 3.8) is 0 Å². The van der Waals surface area contributed by atoms with Crippen molar-refractivity contribution in [2.24, 2.45) is 5.73 Å². The standard InChI is InChI=1S/C11H20N2O7S/c1-4(15)13-9-8(17)7(16)6(2-14)20-11(9,19)10(18)5(12)3-21/h5-9,14,16-17,19,21H,2-3,12H2,1H3,(H,13,15)/t5-,6+,7+,8-,9+,11?/m0/s1. The van der Waals surface area contributed by atoms with Crippen molar-refractivity contribution in [1.82, 2.24) is 5.32 Å². The van der Waals surface area contributed by atoms with Crippen LogP contribution in [0.1, 0.15) is 6.92 Å². The molecular formula is C11H20N2O7S. The van der Waals surface area contributed by atoms with Crippen LogP contribution in [0.15, 0.2) is 0 Å². The van der Waals surface area contributed by atoms with Gasteiger partial charge in [0.1, 0.15) is 24.4 Å². The predicted octanol–water partition coefficient (Wildman–Crippen LogP) is -3.88. The molecule has 1 aliphatic rings. The van der Waals surface area contributed by atoms with Gasteiger partial charge in [0.25, 0.3) is 5.79 Å². The number of thiol groups is 1. The van der Waals surface area contributed by atoms with E-state index >= 15 is 0 Å². The zero-order chi connectivity index (χ0) is 16.4. The molecule has 0 radical (unpaired) electrons. The lowest BCUT2D eigenvalue weighted by Crippen LogP contribution is -2.74.